The molecule has 9 heteroatoms. The Balaban J connectivity index is 1.85. The SMILES string of the molecule is COc1cc(Nc2ccnc(Nc3cc(OC)c(OC)c(OC)c3)n2)cc(OC)c1. The Morgan fingerprint density at radius 2 is 1.27 bits per heavy atom. The summed E-state index contributed by atoms with van der Waals surface area (Å²) in [5.74, 6) is 3.88. The van der Waals surface area contributed by atoms with Crippen molar-refractivity contribution in [3.05, 3.63) is 42.6 Å². The number of methoxy groups -OCH3 is 5. The van der Waals surface area contributed by atoms with E-state index in [1.807, 2.05) is 12.1 Å². The Morgan fingerprint density at radius 1 is 0.667 bits per heavy atom. The highest BCUT2D eigenvalue weighted by atomic mass is 16.5. The van der Waals surface area contributed by atoms with E-state index in [1.165, 1.54) is 0 Å². The van der Waals surface area contributed by atoms with E-state index >= 15 is 0 Å². The molecule has 0 aliphatic heterocycles. The Hall–Kier alpha value is -3.88. The average Bonchev–Trinajstić information content (AvgIpc) is 2.78. The lowest BCUT2D eigenvalue weighted by molar-refractivity contribution is 0.324. The van der Waals surface area contributed by atoms with Gasteiger partial charge in [0.25, 0.3) is 0 Å². The third kappa shape index (κ3) is 4.75. The zero-order chi connectivity index (χ0) is 21.5. The van der Waals surface area contributed by atoms with Crippen molar-refractivity contribution in [2.75, 3.05) is 46.2 Å². The van der Waals surface area contributed by atoms with Crippen LogP contribution in [0.15, 0.2) is 42.6 Å². The van der Waals surface area contributed by atoms with Crippen LogP contribution in [0, 0.1) is 0 Å². The topological polar surface area (TPSA) is 96.0 Å². The molecule has 2 aromatic carbocycles. The summed E-state index contributed by atoms with van der Waals surface area (Å²) in [6.45, 7) is 0. The molecular weight excluding hydrogens is 388 g/mol. The smallest absolute Gasteiger partial charge is 0.229 e. The van der Waals surface area contributed by atoms with Gasteiger partial charge in [-0.15, -0.1) is 0 Å². The van der Waals surface area contributed by atoms with Crippen LogP contribution in [-0.2, 0) is 0 Å². The number of benzene rings is 2. The summed E-state index contributed by atoms with van der Waals surface area (Å²) in [6.07, 6.45) is 1.65. The molecule has 0 bridgehead atoms. The van der Waals surface area contributed by atoms with Crippen LogP contribution >= 0.6 is 0 Å². The lowest BCUT2D eigenvalue weighted by Gasteiger charge is -2.15. The molecule has 9 nitrogen and oxygen atoms in total. The third-order valence-electron chi connectivity index (χ3n) is 4.20. The minimum Gasteiger partial charge on any atom is -0.497 e. The summed E-state index contributed by atoms with van der Waals surface area (Å²) in [4.78, 5) is 8.77. The molecule has 0 saturated carbocycles. The molecule has 30 heavy (non-hydrogen) atoms. The van der Waals surface area contributed by atoms with Crippen LogP contribution in [0.5, 0.6) is 28.7 Å². The molecule has 1 heterocycles. The van der Waals surface area contributed by atoms with Gasteiger partial charge in [0.15, 0.2) is 11.5 Å². The number of hydrogen-bond donors (Lipinski definition) is 2. The van der Waals surface area contributed by atoms with E-state index in [2.05, 4.69) is 20.6 Å². The van der Waals surface area contributed by atoms with Gasteiger partial charge in [-0.1, -0.05) is 0 Å². The lowest BCUT2D eigenvalue weighted by Crippen LogP contribution is -2.02. The van der Waals surface area contributed by atoms with Crippen molar-refractivity contribution >= 4 is 23.1 Å². The fraction of sp³-hybridized carbons (Fsp3) is 0.238. The van der Waals surface area contributed by atoms with Gasteiger partial charge in [-0.05, 0) is 6.07 Å². The molecule has 2 N–H and O–H groups in total. The minimum atomic E-state index is 0.393. The van der Waals surface area contributed by atoms with Crippen molar-refractivity contribution in [2.45, 2.75) is 0 Å². The van der Waals surface area contributed by atoms with Crippen LogP contribution in [-0.4, -0.2) is 45.5 Å². The first-order valence-corrected chi connectivity index (χ1v) is 9.00. The lowest BCUT2D eigenvalue weighted by atomic mass is 10.2. The van der Waals surface area contributed by atoms with Crippen molar-refractivity contribution in [2.24, 2.45) is 0 Å². The molecule has 0 spiro atoms. The van der Waals surface area contributed by atoms with Gasteiger partial charge in [-0.3, -0.25) is 0 Å². The second kappa shape index (κ2) is 9.55. The van der Waals surface area contributed by atoms with E-state index in [9.17, 15) is 0 Å². The molecular formula is C21H24N4O5. The van der Waals surface area contributed by atoms with Crippen molar-refractivity contribution in [3.8, 4) is 28.7 Å². The van der Waals surface area contributed by atoms with Crippen molar-refractivity contribution in [1.82, 2.24) is 9.97 Å². The monoisotopic (exact) mass is 412 g/mol. The Labute approximate surface area is 174 Å². The van der Waals surface area contributed by atoms with Gasteiger partial charge >= 0.3 is 0 Å². The zero-order valence-corrected chi connectivity index (χ0v) is 17.5. The molecule has 3 aromatic rings. The second-order valence-electron chi connectivity index (χ2n) is 6.03. The molecule has 0 radical (unpaired) electrons. The molecule has 3 rings (SSSR count). The molecule has 158 valence electrons. The van der Waals surface area contributed by atoms with Crippen LogP contribution < -0.4 is 34.3 Å². The van der Waals surface area contributed by atoms with E-state index in [-0.39, 0.29) is 0 Å². The van der Waals surface area contributed by atoms with Crippen LogP contribution in [0.25, 0.3) is 0 Å². The summed E-state index contributed by atoms with van der Waals surface area (Å²) in [5.41, 5.74) is 1.45. The molecule has 1 aromatic heterocycles. The minimum absolute atomic E-state index is 0.393. The highest BCUT2D eigenvalue weighted by molar-refractivity contribution is 5.67. The van der Waals surface area contributed by atoms with Gasteiger partial charge in [0, 0.05) is 47.9 Å². The molecule has 0 fully saturated rings. The molecule has 0 atom stereocenters. The van der Waals surface area contributed by atoms with Gasteiger partial charge in [0.05, 0.1) is 35.5 Å². The van der Waals surface area contributed by atoms with Crippen molar-refractivity contribution in [3.63, 3.8) is 0 Å². The number of rotatable bonds is 9. The third-order valence-corrected chi connectivity index (χ3v) is 4.20. The van der Waals surface area contributed by atoms with Gasteiger partial charge in [0.1, 0.15) is 17.3 Å². The van der Waals surface area contributed by atoms with Crippen LogP contribution in [0.4, 0.5) is 23.1 Å². The van der Waals surface area contributed by atoms with E-state index in [0.717, 1.165) is 5.69 Å². The van der Waals surface area contributed by atoms with Gasteiger partial charge < -0.3 is 34.3 Å². The Bertz CT molecular complexity index is 965. The number of aromatic nitrogens is 2. The highest BCUT2D eigenvalue weighted by Crippen LogP contribution is 2.40. The summed E-state index contributed by atoms with van der Waals surface area (Å²) >= 11 is 0. The van der Waals surface area contributed by atoms with E-state index < -0.39 is 0 Å². The van der Waals surface area contributed by atoms with Crippen molar-refractivity contribution < 1.29 is 23.7 Å². The molecule has 0 aliphatic rings. The van der Waals surface area contributed by atoms with E-state index in [4.69, 9.17) is 23.7 Å². The number of nitrogens with one attached hydrogen (secondary N) is 2. The predicted octanol–water partition coefficient (Wildman–Crippen LogP) is 4.01. The van der Waals surface area contributed by atoms with Crippen LogP contribution in [0.1, 0.15) is 0 Å². The van der Waals surface area contributed by atoms with E-state index in [0.29, 0.717) is 46.2 Å². The maximum atomic E-state index is 5.38. The van der Waals surface area contributed by atoms with Gasteiger partial charge in [-0.2, -0.15) is 4.98 Å². The maximum absolute atomic E-state index is 5.38. The van der Waals surface area contributed by atoms with Gasteiger partial charge in [-0.25, -0.2) is 4.98 Å². The normalized spacial score (nSPS) is 10.2. The van der Waals surface area contributed by atoms with Crippen LogP contribution in [0.3, 0.4) is 0 Å². The summed E-state index contributed by atoms with van der Waals surface area (Å²) < 4.78 is 26.7. The fourth-order valence-electron chi connectivity index (χ4n) is 2.80. The number of anilines is 4. The Kier molecular flexibility index (Phi) is 6.63. The average molecular weight is 412 g/mol. The largest absolute Gasteiger partial charge is 0.497 e. The number of ether oxygens (including phenoxy) is 5. The molecule has 0 saturated heterocycles. The van der Waals surface area contributed by atoms with Crippen LogP contribution in [0.2, 0.25) is 0 Å². The first kappa shape index (κ1) is 20.8. The quantitative estimate of drug-likeness (QED) is 0.540. The van der Waals surface area contributed by atoms with E-state index in [1.54, 1.807) is 66.0 Å². The first-order chi connectivity index (χ1) is 14.6. The molecule has 0 aliphatic carbocycles. The van der Waals surface area contributed by atoms with Crippen molar-refractivity contribution in [1.29, 1.82) is 0 Å². The molecule has 0 amide bonds. The molecule has 0 unspecified atom stereocenters. The maximum Gasteiger partial charge on any atom is 0.229 e. The number of nitrogens with zero attached hydrogens (tertiary/aromatic N) is 2. The van der Waals surface area contributed by atoms with Gasteiger partial charge in [0.2, 0.25) is 11.7 Å². The predicted molar refractivity (Wildman–Crippen MR) is 114 cm³/mol. The standard InChI is InChI=1S/C21H24N4O5/c1-26-15-8-13(9-16(12-15)27-2)23-19-6-7-22-21(25-19)24-14-10-17(28-3)20(30-5)18(11-14)29-4/h6-12H,1-5H3,(H2,22,23,24,25). The number of hydrogen-bond acceptors (Lipinski definition) is 9. The first-order valence-electron chi connectivity index (χ1n) is 9.00. The summed E-state index contributed by atoms with van der Waals surface area (Å²) in [6, 6.07) is 10.8. The second-order valence-corrected chi connectivity index (χ2v) is 6.03. The zero-order valence-electron chi connectivity index (χ0n) is 17.5. The summed E-state index contributed by atoms with van der Waals surface area (Å²) in [5, 5.41) is 6.37. The highest BCUT2D eigenvalue weighted by Gasteiger charge is 2.14. The Morgan fingerprint density at radius 3 is 1.80 bits per heavy atom. The fourth-order valence-corrected chi connectivity index (χ4v) is 2.80. The summed E-state index contributed by atoms with van der Waals surface area (Å²) in [7, 11) is 7.87.